The van der Waals surface area contributed by atoms with Crippen LogP contribution in [0.4, 0.5) is 0 Å². The smallest absolute Gasteiger partial charge is 0.252 e. The third kappa shape index (κ3) is 3.52. The van der Waals surface area contributed by atoms with Gasteiger partial charge in [0.25, 0.3) is 5.56 Å². The maximum absolute atomic E-state index is 13.1. The van der Waals surface area contributed by atoms with Crippen molar-refractivity contribution in [3.63, 3.8) is 0 Å². The van der Waals surface area contributed by atoms with Crippen molar-refractivity contribution in [2.45, 2.75) is 47.6 Å². The molecular formula is C25H28N4O2. The summed E-state index contributed by atoms with van der Waals surface area (Å²) in [6.07, 6.45) is 2.77. The van der Waals surface area contributed by atoms with E-state index in [-0.39, 0.29) is 5.56 Å². The predicted octanol–water partition coefficient (Wildman–Crippen LogP) is 4.44. The lowest BCUT2D eigenvalue weighted by Gasteiger charge is -2.15. The van der Waals surface area contributed by atoms with Crippen LogP contribution in [0.1, 0.15) is 40.6 Å². The van der Waals surface area contributed by atoms with Gasteiger partial charge in [0.1, 0.15) is 11.4 Å². The van der Waals surface area contributed by atoms with Gasteiger partial charge in [0.05, 0.1) is 30.7 Å². The van der Waals surface area contributed by atoms with Gasteiger partial charge in [-0.15, -0.1) is 0 Å². The third-order valence-electron chi connectivity index (χ3n) is 5.94. The first kappa shape index (κ1) is 20.8. The van der Waals surface area contributed by atoms with Gasteiger partial charge in [0, 0.05) is 28.8 Å². The quantitative estimate of drug-likeness (QED) is 0.483. The molecule has 4 rings (SSSR count). The summed E-state index contributed by atoms with van der Waals surface area (Å²) in [5.41, 5.74) is 7.45. The first-order valence-corrected chi connectivity index (χ1v) is 10.5. The monoisotopic (exact) mass is 416 g/mol. The number of ether oxygens (including phenoxy) is 1. The molecule has 0 saturated carbocycles. The Bertz CT molecular complexity index is 1330. The van der Waals surface area contributed by atoms with Crippen LogP contribution in [0, 0.1) is 27.7 Å². The summed E-state index contributed by atoms with van der Waals surface area (Å²) in [5.74, 6) is 0.807. The van der Waals surface area contributed by atoms with Crippen LogP contribution >= 0.6 is 0 Å². The molecule has 0 bridgehead atoms. The molecule has 0 atom stereocenters. The normalized spacial score (nSPS) is 11.3. The number of aryl methyl sites for hydroxylation is 4. The number of pyridine rings is 2. The molecule has 31 heavy (non-hydrogen) atoms. The number of benzene rings is 1. The Morgan fingerprint density at radius 3 is 2.39 bits per heavy atom. The van der Waals surface area contributed by atoms with Crippen molar-refractivity contribution in [1.82, 2.24) is 19.3 Å². The molecule has 0 unspecified atom stereocenters. The third-order valence-corrected chi connectivity index (χ3v) is 5.94. The van der Waals surface area contributed by atoms with Crippen molar-refractivity contribution in [3.05, 3.63) is 80.5 Å². The molecule has 6 heteroatoms. The summed E-state index contributed by atoms with van der Waals surface area (Å²) < 4.78 is 9.20. The molecule has 0 aliphatic carbocycles. The van der Waals surface area contributed by atoms with Crippen molar-refractivity contribution < 1.29 is 4.74 Å². The van der Waals surface area contributed by atoms with Gasteiger partial charge in [-0.25, -0.2) is 4.68 Å². The summed E-state index contributed by atoms with van der Waals surface area (Å²) in [6, 6.07) is 10.0. The molecule has 3 heterocycles. The summed E-state index contributed by atoms with van der Waals surface area (Å²) >= 11 is 0. The molecule has 1 aromatic carbocycles. The molecular weight excluding hydrogens is 388 g/mol. The molecule has 6 nitrogen and oxygen atoms in total. The van der Waals surface area contributed by atoms with Crippen molar-refractivity contribution in [1.29, 1.82) is 0 Å². The second kappa shape index (κ2) is 8.02. The minimum Gasteiger partial charge on any atom is -0.496 e. The molecule has 0 radical (unpaired) electrons. The molecule has 3 aromatic heterocycles. The van der Waals surface area contributed by atoms with Gasteiger partial charge in [0.15, 0.2) is 0 Å². The van der Waals surface area contributed by atoms with Crippen LogP contribution in [0.3, 0.4) is 0 Å². The summed E-state index contributed by atoms with van der Waals surface area (Å²) in [4.78, 5) is 17.8. The molecule has 0 aliphatic rings. The second-order valence-electron chi connectivity index (χ2n) is 8.01. The molecule has 4 aromatic rings. The van der Waals surface area contributed by atoms with E-state index < -0.39 is 0 Å². The SMILES string of the molecule is CCc1ccc(-n2nc(C)c3c(C)cc(=O)n(Cc4ncc(C)c(OC)c4C)c32)cc1. The Kier molecular flexibility index (Phi) is 5.39. The zero-order valence-corrected chi connectivity index (χ0v) is 19.0. The summed E-state index contributed by atoms with van der Waals surface area (Å²) in [5, 5.41) is 5.80. The maximum atomic E-state index is 13.1. The maximum Gasteiger partial charge on any atom is 0.252 e. The van der Waals surface area contributed by atoms with E-state index in [9.17, 15) is 4.79 Å². The van der Waals surface area contributed by atoms with Crippen LogP contribution in [0.2, 0.25) is 0 Å². The van der Waals surface area contributed by atoms with Gasteiger partial charge in [0.2, 0.25) is 0 Å². The fourth-order valence-electron chi connectivity index (χ4n) is 4.25. The van der Waals surface area contributed by atoms with E-state index in [0.717, 1.165) is 57.0 Å². The molecule has 160 valence electrons. The van der Waals surface area contributed by atoms with Crippen molar-refractivity contribution >= 4 is 11.0 Å². The van der Waals surface area contributed by atoms with E-state index in [2.05, 4.69) is 36.2 Å². The number of fused-ring (bicyclic) bond motifs is 1. The lowest BCUT2D eigenvalue weighted by Crippen LogP contribution is -2.23. The van der Waals surface area contributed by atoms with Gasteiger partial charge >= 0.3 is 0 Å². The summed E-state index contributed by atoms with van der Waals surface area (Å²) in [6.45, 7) is 10.4. The largest absolute Gasteiger partial charge is 0.496 e. The molecule has 0 saturated heterocycles. The molecule has 0 N–H and O–H groups in total. The van der Waals surface area contributed by atoms with Gasteiger partial charge in [-0.05, 0) is 57.4 Å². The minimum absolute atomic E-state index is 0.0722. The highest BCUT2D eigenvalue weighted by atomic mass is 16.5. The lowest BCUT2D eigenvalue weighted by molar-refractivity contribution is 0.406. The number of methoxy groups -OCH3 is 1. The lowest BCUT2D eigenvalue weighted by atomic mass is 10.1. The standard InChI is InChI=1S/C25H28N4O2/c1-7-19-8-10-20(11-9-19)29-25-23(18(5)27-29)15(2)12-22(30)28(25)14-21-17(4)24(31-6)16(3)13-26-21/h8-13H,7,14H2,1-6H3. The fraction of sp³-hybridized carbons (Fsp3) is 0.320. The zero-order chi connectivity index (χ0) is 22.3. The van der Waals surface area contributed by atoms with Crippen molar-refractivity contribution in [3.8, 4) is 11.4 Å². The van der Waals surface area contributed by atoms with E-state index in [1.54, 1.807) is 23.9 Å². The number of hydrogen-bond acceptors (Lipinski definition) is 4. The molecule has 0 spiro atoms. The molecule has 0 fully saturated rings. The summed E-state index contributed by atoms with van der Waals surface area (Å²) in [7, 11) is 1.66. The van der Waals surface area contributed by atoms with Gasteiger partial charge in [-0.1, -0.05) is 19.1 Å². The van der Waals surface area contributed by atoms with Crippen LogP contribution in [-0.2, 0) is 13.0 Å². The van der Waals surface area contributed by atoms with Crippen molar-refractivity contribution in [2.75, 3.05) is 7.11 Å². The highest BCUT2D eigenvalue weighted by Gasteiger charge is 2.19. The van der Waals surface area contributed by atoms with E-state index in [0.29, 0.717) is 6.54 Å². The van der Waals surface area contributed by atoms with Crippen LogP contribution in [0.15, 0.2) is 41.3 Å². The second-order valence-corrected chi connectivity index (χ2v) is 8.01. The zero-order valence-electron chi connectivity index (χ0n) is 19.0. The van der Waals surface area contributed by atoms with Crippen LogP contribution in [0.25, 0.3) is 16.7 Å². The number of hydrogen-bond donors (Lipinski definition) is 0. The first-order chi connectivity index (χ1) is 14.8. The Hall–Kier alpha value is -3.41. The predicted molar refractivity (Wildman–Crippen MR) is 124 cm³/mol. The minimum atomic E-state index is -0.0722. The first-order valence-electron chi connectivity index (χ1n) is 10.5. The Balaban J connectivity index is 1.96. The Labute approximate surface area is 182 Å². The van der Waals surface area contributed by atoms with Gasteiger partial charge in [-0.3, -0.25) is 14.3 Å². The van der Waals surface area contributed by atoms with E-state index in [1.807, 2.05) is 32.4 Å². The number of nitrogens with zero attached hydrogens (tertiary/aromatic N) is 4. The molecule has 0 amide bonds. The number of rotatable bonds is 5. The van der Waals surface area contributed by atoms with Crippen LogP contribution in [0.5, 0.6) is 5.75 Å². The van der Waals surface area contributed by atoms with Crippen LogP contribution < -0.4 is 10.3 Å². The van der Waals surface area contributed by atoms with E-state index in [4.69, 9.17) is 9.84 Å². The highest BCUT2D eigenvalue weighted by Crippen LogP contribution is 2.27. The van der Waals surface area contributed by atoms with E-state index in [1.165, 1.54) is 5.56 Å². The average molecular weight is 417 g/mol. The van der Waals surface area contributed by atoms with E-state index >= 15 is 0 Å². The van der Waals surface area contributed by atoms with Crippen LogP contribution in [-0.4, -0.2) is 26.4 Å². The number of aromatic nitrogens is 4. The topological polar surface area (TPSA) is 61.9 Å². The molecule has 0 aliphatic heterocycles. The fourth-order valence-corrected chi connectivity index (χ4v) is 4.25. The highest BCUT2D eigenvalue weighted by molar-refractivity contribution is 5.83. The Morgan fingerprint density at radius 1 is 1.03 bits per heavy atom. The Morgan fingerprint density at radius 2 is 1.74 bits per heavy atom. The average Bonchev–Trinajstić information content (AvgIpc) is 3.10. The van der Waals surface area contributed by atoms with Crippen molar-refractivity contribution in [2.24, 2.45) is 0 Å². The van der Waals surface area contributed by atoms with Gasteiger partial charge in [-0.2, -0.15) is 5.10 Å². The van der Waals surface area contributed by atoms with Gasteiger partial charge < -0.3 is 4.74 Å².